The monoisotopic (exact) mass is 337 g/mol. The van der Waals surface area contributed by atoms with Gasteiger partial charge in [-0.1, -0.05) is 12.1 Å². The summed E-state index contributed by atoms with van der Waals surface area (Å²) in [6.45, 7) is 3.49. The van der Waals surface area contributed by atoms with Crippen LogP contribution in [0.3, 0.4) is 0 Å². The molecule has 0 spiro atoms. The first-order valence-electron chi connectivity index (χ1n) is 8.35. The Labute approximate surface area is 145 Å². The highest BCUT2D eigenvalue weighted by Crippen LogP contribution is 2.24. The molecule has 1 aliphatic rings. The molecule has 1 aromatic carbocycles. The minimum absolute atomic E-state index is 0.0116. The number of amides is 1. The molecule has 8 nitrogen and oxygen atoms in total. The molecule has 0 N–H and O–H groups in total. The highest BCUT2D eigenvalue weighted by molar-refractivity contribution is 5.98. The maximum absolute atomic E-state index is 13.2. The number of carbonyl (C=O) groups is 1. The lowest BCUT2D eigenvalue weighted by Crippen LogP contribution is -2.38. The molecule has 128 valence electrons. The molecule has 8 heteroatoms. The van der Waals surface area contributed by atoms with E-state index < -0.39 is 0 Å². The Morgan fingerprint density at radius 1 is 1.32 bits per heavy atom. The van der Waals surface area contributed by atoms with Gasteiger partial charge in [-0.05, 0) is 47.9 Å². The van der Waals surface area contributed by atoms with Gasteiger partial charge in [0.15, 0.2) is 0 Å². The molecule has 0 saturated carbocycles. The van der Waals surface area contributed by atoms with Crippen molar-refractivity contribution < 1.29 is 4.79 Å². The fourth-order valence-electron chi connectivity index (χ4n) is 3.36. The molecule has 2 aromatic heterocycles. The van der Waals surface area contributed by atoms with Gasteiger partial charge in [-0.25, -0.2) is 0 Å². The Morgan fingerprint density at radius 3 is 2.96 bits per heavy atom. The number of carbonyl (C=O) groups excluding carboxylic acids is 1. The third-order valence-corrected chi connectivity index (χ3v) is 4.53. The van der Waals surface area contributed by atoms with Gasteiger partial charge in [0, 0.05) is 12.7 Å². The zero-order valence-electron chi connectivity index (χ0n) is 14.0. The van der Waals surface area contributed by atoms with E-state index in [1.54, 1.807) is 0 Å². The van der Waals surface area contributed by atoms with Gasteiger partial charge in [0.25, 0.3) is 5.91 Å². The van der Waals surface area contributed by atoms with Gasteiger partial charge in [0.05, 0.1) is 30.0 Å². The minimum Gasteiger partial charge on any atom is -0.334 e. The lowest BCUT2D eigenvalue weighted by molar-refractivity contribution is 0.0721. The van der Waals surface area contributed by atoms with Crippen LogP contribution >= 0.6 is 0 Å². The number of aryl methyl sites for hydroxylation is 1. The Morgan fingerprint density at radius 2 is 2.20 bits per heavy atom. The van der Waals surface area contributed by atoms with Crippen LogP contribution in [0.15, 0.2) is 43.0 Å². The van der Waals surface area contributed by atoms with Crippen LogP contribution in [-0.2, 0) is 6.54 Å². The van der Waals surface area contributed by atoms with E-state index in [2.05, 4.69) is 20.6 Å². The third kappa shape index (κ3) is 3.02. The normalized spacial score (nSPS) is 17.2. The van der Waals surface area contributed by atoms with Crippen LogP contribution in [0, 0.1) is 6.92 Å². The highest BCUT2D eigenvalue weighted by Gasteiger charge is 2.31. The van der Waals surface area contributed by atoms with Crippen molar-refractivity contribution >= 4 is 5.91 Å². The Balaban J connectivity index is 1.60. The molecule has 0 radical (unpaired) electrons. The molecule has 0 aliphatic carbocycles. The molecule has 1 saturated heterocycles. The zero-order chi connectivity index (χ0) is 17.2. The highest BCUT2D eigenvalue weighted by atomic mass is 16.2. The third-order valence-electron chi connectivity index (χ3n) is 4.53. The smallest absolute Gasteiger partial charge is 0.256 e. The molecular weight excluding hydrogens is 318 g/mol. The standard InChI is InChI=1S/C17H19N7O/c1-13-9-19-22(10-13)11-14-5-4-8-23(14)17(25)15-6-2-3-7-16(15)24-12-18-20-21-24/h2-3,6-7,9-10,12,14H,4-5,8,11H2,1H3/t14-/m0/s1. The molecule has 1 aliphatic heterocycles. The van der Waals surface area contributed by atoms with Crippen LogP contribution in [-0.4, -0.2) is 53.4 Å². The van der Waals surface area contributed by atoms with Crippen molar-refractivity contribution in [1.82, 2.24) is 34.9 Å². The zero-order valence-corrected chi connectivity index (χ0v) is 14.0. The van der Waals surface area contributed by atoms with Crippen molar-refractivity contribution in [2.45, 2.75) is 32.4 Å². The minimum atomic E-state index is 0.0116. The Kier molecular flexibility index (Phi) is 4.01. The summed E-state index contributed by atoms with van der Waals surface area (Å²) in [5.74, 6) is 0.0116. The van der Waals surface area contributed by atoms with Crippen LogP contribution in [0.25, 0.3) is 5.69 Å². The number of rotatable bonds is 4. The van der Waals surface area contributed by atoms with Gasteiger partial charge in [0.2, 0.25) is 0 Å². The summed E-state index contributed by atoms with van der Waals surface area (Å²) in [4.78, 5) is 15.1. The lowest BCUT2D eigenvalue weighted by atomic mass is 10.1. The summed E-state index contributed by atoms with van der Waals surface area (Å²) in [7, 11) is 0. The second-order valence-corrected chi connectivity index (χ2v) is 6.31. The largest absolute Gasteiger partial charge is 0.334 e. The van der Waals surface area contributed by atoms with Crippen LogP contribution in [0.1, 0.15) is 28.8 Å². The maximum atomic E-state index is 13.2. The summed E-state index contributed by atoms with van der Waals surface area (Å²) in [6.07, 6.45) is 7.34. The summed E-state index contributed by atoms with van der Waals surface area (Å²) in [6, 6.07) is 7.57. The van der Waals surface area contributed by atoms with Crippen molar-refractivity contribution in [1.29, 1.82) is 0 Å². The van der Waals surface area contributed by atoms with E-state index in [0.717, 1.165) is 24.9 Å². The fraction of sp³-hybridized carbons (Fsp3) is 0.353. The topological polar surface area (TPSA) is 81.7 Å². The van der Waals surface area contributed by atoms with Gasteiger partial charge in [-0.3, -0.25) is 9.48 Å². The SMILES string of the molecule is Cc1cnn(C[C@@H]2CCCN2C(=O)c2ccccc2-n2cnnn2)c1. The summed E-state index contributed by atoms with van der Waals surface area (Å²) in [5, 5.41) is 15.6. The van der Waals surface area contributed by atoms with Gasteiger partial charge >= 0.3 is 0 Å². The van der Waals surface area contributed by atoms with Crippen LogP contribution < -0.4 is 0 Å². The van der Waals surface area contributed by atoms with Gasteiger partial charge in [-0.15, -0.1) is 5.10 Å². The molecule has 4 rings (SSSR count). The first-order chi connectivity index (χ1) is 12.2. The van der Waals surface area contributed by atoms with Crippen LogP contribution in [0.2, 0.25) is 0 Å². The number of hydrogen-bond donors (Lipinski definition) is 0. The van der Waals surface area contributed by atoms with E-state index in [0.29, 0.717) is 17.8 Å². The van der Waals surface area contributed by atoms with Crippen LogP contribution in [0.4, 0.5) is 0 Å². The number of aromatic nitrogens is 6. The predicted octanol–water partition coefficient (Wildman–Crippen LogP) is 1.47. The second kappa shape index (κ2) is 6.46. The van der Waals surface area contributed by atoms with E-state index in [4.69, 9.17) is 0 Å². The average molecular weight is 337 g/mol. The number of likely N-dealkylation sites (tertiary alicyclic amines) is 1. The summed E-state index contributed by atoms with van der Waals surface area (Å²) >= 11 is 0. The van der Waals surface area contributed by atoms with E-state index in [1.807, 2.05) is 53.2 Å². The van der Waals surface area contributed by atoms with E-state index in [1.165, 1.54) is 11.0 Å². The number of tetrazole rings is 1. The molecule has 1 atom stereocenters. The van der Waals surface area contributed by atoms with Crippen molar-refractivity contribution in [3.8, 4) is 5.69 Å². The van der Waals surface area contributed by atoms with Gasteiger partial charge in [-0.2, -0.15) is 9.78 Å². The molecule has 3 aromatic rings. The predicted molar refractivity (Wildman–Crippen MR) is 90.2 cm³/mol. The number of hydrogen-bond acceptors (Lipinski definition) is 5. The molecule has 0 unspecified atom stereocenters. The first-order valence-corrected chi connectivity index (χ1v) is 8.35. The summed E-state index contributed by atoms with van der Waals surface area (Å²) < 4.78 is 3.44. The molecule has 25 heavy (non-hydrogen) atoms. The van der Waals surface area contributed by atoms with E-state index >= 15 is 0 Å². The molecule has 1 fully saturated rings. The second-order valence-electron chi connectivity index (χ2n) is 6.31. The molecule has 1 amide bonds. The number of nitrogens with zero attached hydrogens (tertiary/aromatic N) is 7. The van der Waals surface area contributed by atoms with E-state index in [-0.39, 0.29) is 11.9 Å². The van der Waals surface area contributed by atoms with Crippen molar-refractivity contribution in [2.24, 2.45) is 0 Å². The maximum Gasteiger partial charge on any atom is 0.256 e. The quantitative estimate of drug-likeness (QED) is 0.720. The molecule has 3 heterocycles. The van der Waals surface area contributed by atoms with Gasteiger partial charge in [0.1, 0.15) is 6.33 Å². The van der Waals surface area contributed by atoms with Crippen LogP contribution in [0.5, 0.6) is 0 Å². The van der Waals surface area contributed by atoms with Crippen molar-refractivity contribution in [2.75, 3.05) is 6.54 Å². The van der Waals surface area contributed by atoms with Crippen molar-refractivity contribution in [3.63, 3.8) is 0 Å². The lowest BCUT2D eigenvalue weighted by Gasteiger charge is -2.25. The molecule has 0 bridgehead atoms. The first kappa shape index (κ1) is 15.5. The van der Waals surface area contributed by atoms with E-state index in [9.17, 15) is 4.79 Å². The fourth-order valence-corrected chi connectivity index (χ4v) is 3.36. The molecular formula is C17H19N7O. The van der Waals surface area contributed by atoms with Crippen molar-refractivity contribution in [3.05, 3.63) is 54.1 Å². The number of benzene rings is 1. The summed E-state index contributed by atoms with van der Waals surface area (Å²) in [5.41, 5.74) is 2.43. The number of para-hydroxylation sites is 1. The Bertz CT molecular complexity index is 871. The average Bonchev–Trinajstić information content (AvgIpc) is 3.37. The Hall–Kier alpha value is -3.03. The van der Waals surface area contributed by atoms with Gasteiger partial charge < -0.3 is 4.90 Å².